The van der Waals surface area contributed by atoms with Crippen LogP contribution in [0.25, 0.3) is 5.69 Å². The van der Waals surface area contributed by atoms with Gasteiger partial charge in [-0.05, 0) is 35.7 Å². The van der Waals surface area contributed by atoms with E-state index in [1.807, 2.05) is 59.3 Å². The Kier molecular flexibility index (Phi) is 5.19. The predicted molar refractivity (Wildman–Crippen MR) is 107 cm³/mol. The first-order chi connectivity index (χ1) is 13.7. The molecule has 0 unspecified atom stereocenters. The average molecular weight is 374 g/mol. The van der Waals surface area contributed by atoms with Crippen LogP contribution in [0.4, 0.5) is 5.69 Å². The molecule has 2 amide bonds. The second-order valence-electron chi connectivity index (χ2n) is 6.84. The van der Waals surface area contributed by atoms with Crippen LogP contribution in [0, 0.1) is 0 Å². The molecule has 0 saturated carbocycles. The highest BCUT2D eigenvalue weighted by Gasteiger charge is 2.23. The van der Waals surface area contributed by atoms with Gasteiger partial charge in [-0.15, -0.1) is 0 Å². The molecule has 2 aromatic carbocycles. The van der Waals surface area contributed by atoms with E-state index in [1.54, 1.807) is 17.4 Å². The summed E-state index contributed by atoms with van der Waals surface area (Å²) < 4.78 is 1.93. The summed E-state index contributed by atoms with van der Waals surface area (Å²) >= 11 is 0. The van der Waals surface area contributed by atoms with Gasteiger partial charge in [-0.3, -0.25) is 9.59 Å². The maximum Gasteiger partial charge on any atom is 0.227 e. The molecule has 0 aliphatic carbocycles. The van der Waals surface area contributed by atoms with Crippen LogP contribution in [-0.4, -0.2) is 27.9 Å². The summed E-state index contributed by atoms with van der Waals surface area (Å²) in [6, 6.07) is 15.9. The van der Waals surface area contributed by atoms with Crippen molar-refractivity contribution in [3.63, 3.8) is 0 Å². The monoisotopic (exact) mass is 374 g/mol. The van der Waals surface area contributed by atoms with E-state index in [9.17, 15) is 9.59 Å². The summed E-state index contributed by atoms with van der Waals surface area (Å²) in [4.78, 5) is 30.3. The fourth-order valence-electron chi connectivity index (χ4n) is 3.44. The zero-order valence-corrected chi connectivity index (χ0v) is 15.5. The lowest BCUT2D eigenvalue weighted by atomic mass is 10.0. The lowest BCUT2D eigenvalue weighted by Crippen LogP contribution is -2.38. The first-order valence-corrected chi connectivity index (χ1v) is 9.43. The summed E-state index contributed by atoms with van der Waals surface area (Å²) in [5.41, 5.74) is 4.15. The molecule has 0 atom stereocenters. The molecule has 0 bridgehead atoms. The van der Waals surface area contributed by atoms with E-state index in [0.29, 0.717) is 19.5 Å². The van der Waals surface area contributed by atoms with E-state index in [2.05, 4.69) is 10.3 Å². The van der Waals surface area contributed by atoms with Crippen LogP contribution in [0.3, 0.4) is 0 Å². The summed E-state index contributed by atoms with van der Waals surface area (Å²) in [7, 11) is 0. The van der Waals surface area contributed by atoms with Crippen LogP contribution in [-0.2, 0) is 22.6 Å². The number of rotatable bonds is 6. The summed E-state index contributed by atoms with van der Waals surface area (Å²) in [6.45, 7) is 0.870. The summed E-state index contributed by atoms with van der Waals surface area (Å²) in [5, 5.41) is 2.94. The number of carbonyl (C=O) groups is 2. The molecule has 142 valence electrons. The Hall–Kier alpha value is -3.41. The Labute approximate surface area is 163 Å². The summed E-state index contributed by atoms with van der Waals surface area (Å²) in [5.74, 6) is 0.0242. The number of fused-ring (bicyclic) bond motifs is 1. The Morgan fingerprint density at radius 2 is 1.89 bits per heavy atom. The van der Waals surface area contributed by atoms with Crippen LogP contribution in [0.2, 0.25) is 0 Å². The molecular weight excluding hydrogens is 352 g/mol. The smallest absolute Gasteiger partial charge is 0.227 e. The molecule has 28 heavy (non-hydrogen) atoms. The molecule has 2 heterocycles. The number of amides is 2. The quantitative estimate of drug-likeness (QED) is 0.721. The number of nitrogens with one attached hydrogen (secondary N) is 1. The number of carbonyl (C=O) groups excluding carboxylic acids is 2. The fraction of sp³-hybridized carbons (Fsp3) is 0.227. The van der Waals surface area contributed by atoms with Crippen molar-refractivity contribution in [2.75, 3.05) is 11.4 Å². The zero-order valence-electron chi connectivity index (χ0n) is 15.5. The molecule has 1 N–H and O–H groups in total. The zero-order chi connectivity index (χ0) is 19.3. The van der Waals surface area contributed by atoms with Crippen LogP contribution in [0.1, 0.15) is 24.0 Å². The first kappa shape index (κ1) is 18.0. The van der Waals surface area contributed by atoms with E-state index in [0.717, 1.165) is 23.4 Å². The third kappa shape index (κ3) is 3.96. The molecule has 3 aromatic rings. The second kappa shape index (κ2) is 8.08. The molecule has 6 heteroatoms. The van der Waals surface area contributed by atoms with E-state index in [1.165, 1.54) is 5.56 Å². The van der Waals surface area contributed by atoms with Gasteiger partial charge in [0.15, 0.2) is 0 Å². The highest BCUT2D eigenvalue weighted by Crippen LogP contribution is 2.27. The van der Waals surface area contributed by atoms with Gasteiger partial charge >= 0.3 is 0 Å². The Bertz CT molecular complexity index is 964. The van der Waals surface area contributed by atoms with Gasteiger partial charge in [0.2, 0.25) is 11.8 Å². The molecule has 0 saturated heterocycles. The maximum absolute atomic E-state index is 12.3. The highest BCUT2D eigenvalue weighted by molar-refractivity contribution is 5.96. The van der Waals surface area contributed by atoms with Crippen LogP contribution in [0.5, 0.6) is 0 Å². The van der Waals surface area contributed by atoms with Crippen molar-refractivity contribution in [1.82, 2.24) is 14.9 Å². The van der Waals surface area contributed by atoms with Crippen molar-refractivity contribution in [2.24, 2.45) is 0 Å². The number of hydrogen-bond donors (Lipinski definition) is 1. The van der Waals surface area contributed by atoms with Gasteiger partial charge in [-0.1, -0.05) is 30.3 Å². The van der Waals surface area contributed by atoms with E-state index >= 15 is 0 Å². The van der Waals surface area contributed by atoms with Gasteiger partial charge in [0.05, 0.1) is 6.33 Å². The average Bonchev–Trinajstić information content (AvgIpc) is 3.27. The fourth-order valence-corrected chi connectivity index (χ4v) is 3.44. The molecule has 1 aromatic heterocycles. The van der Waals surface area contributed by atoms with E-state index < -0.39 is 0 Å². The van der Waals surface area contributed by atoms with Crippen molar-refractivity contribution in [1.29, 1.82) is 0 Å². The Balaban J connectivity index is 1.30. The number of hydrogen-bond acceptors (Lipinski definition) is 3. The number of benzene rings is 2. The van der Waals surface area contributed by atoms with Gasteiger partial charge in [0.25, 0.3) is 0 Å². The third-order valence-electron chi connectivity index (χ3n) is 4.98. The number of nitrogens with zero attached hydrogens (tertiary/aromatic N) is 3. The van der Waals surface area contributed by atoms with Crippen molar-refractivity contribution in [2.45, 2.75) is 25.8 Å². The SMILES string of the molecule is O=C(CCN1C(=O)CCc2ccccc21)NCc1ccc(-n2ccnc2)cc1. The van der Waals surface area contributed by atoms with Crippen LogP contribution < -0.4 is 10.2 Å². The van der Waals surface area contributed by atoms with Crippen molar-refractivity contribution < 1.29 is 9.59 Å². The van der Waals surface area contributed by atoms with E-state index in [-0.39, 0.29) is 18.2 Å². The van der Waals surface area contributed by atoms with Gasteiger partial charge < -0.3 is 14.8 Å². The van der Waals surface area contributed by atoms with Gasteiger partial charge in [0, 0.05) is 49.7 Å². The molecule has 1 aliphatic heterocycles. The largest absolute Gasteiger partial charge is 0.352 e. The van der Waals surface area contributed by atoms with Crippen LogP contribution in [0.15, 0.2) is 67.3 Å². The third-order valence-corrected chi connectivity index (χ3v) is 4.98. The van der Waals surface area contributed by atoms with Gasteiger partial charge in [0.1, 0.15) is 0 Å². The molecule has 4 rings (SSSR count). The number of imidazole rings is 1. The molecular formula is C22H22N4O2. The van der Waals surface area contributed by atoms with Gasteiger partial charge in [-0.25, -0.2) is 4.98 Å². The molecule has 1 aliphatic rings. The minimum absolute atomic E-state index is 0.0606. The minimum Gasteiger partial charge on any atom is -0.352 e. The topological polar surface area (TPSA) is 67.2 Å². The lowest BCUT2D eigenvalue weighted by Gasteiger charge is -2.29. The standard InChI is InChI=1S/C22H22N4O2/c27-21(11-13-26-20-4-2-1-3-18(20)7-10-22(26)28)24-15-17-5-8-19(9-6-17)25-14-12-23-16-25/h1-6,8-9,12,14,16H,7,10-11,13,15H2,(H,24,27). The number of aromatic nitrogens is 2. The normalized spacial score (nSPS) is 13.3. The highest BCUT2D eigenvalue weighted by atomic mass is 16.2. The first-order valence-electron chi connectivity index (χ1n) is 9.43. The molecule has 0 radical (unpaired) electrons. The van der Waals surface area contributed by atoms with Crippen molar-refractivity contribution >= 4 is 17.5 Å². The molecule has 6 nitrogen and oxygen atoms in total. The summed E-state index contributed by atoms with van der Waals surface area (Å²) in [6.07, 6.45) is 6.93. The Morgan fingerprint density at radius 1 is 1.07 bits per heavy atom. The van der Waals surface area contributed by atoms with Crippen LogP contribution >= 0.6 is 0 Å². The molecule has 0 spiro atoms. The van der Waals surface area contributed by atoms with Crippen molar-refractivity contribution in [3.05, 3.63) is 78.4 Å². The van der Waals surface area contributed by atoms with E-state index in [4.69, 9.17) is 0 Å². The minimum atomic E-state index is -0.0606. The Morgan fingerprint density at radius 3 is 2.68 bits per heavy atom. The maximum atomic E-state index is 12.3. The number of aryl methyl sites for hydroxylation is 1. The van der Waals surface area contributed by atoms with Crippen molar-refractivity contribution in [3.8, 4) is 5.69 Å². The number of para-hydroxylation sites is 1. The molecule has 0 fully saturated rings. The second-order valence-corrected chi connectivity index (χ2v) is 6.84. The van der Waals surface area contributed by atoms with Gasteiger partial charge in [-0.2, -0.15) is 0 Å². The number of anilines is 1. The predicted octanol–water partition coefficient (Wildman–Crippen LogP) is 2.86. The lowest BCUT2D eigenvalue weighted by molar-refractivity contribution is -0.121.